The lowest BCUT2D eigenvalue weighted by atomic mass is 10.0. The normalized spacial score (nSPS) is 12.4. The smallest absolute Gasteiger partial charge is 0.320 e. The van der Waals surface area contributed by atoms with Crippen molar-refractivity contribution in [3.63, 3.8) is 0 Å². The first-order chi connectivity index (χ1) is 8.91. The van der Waals surface area contributed by atoms with Gasteiger partial charge in [-0.2, -0.15) is 0 Å². The number of halogens is 1. The number of Topliss-reactive ketones (excluding diaryl/α,β-unsaturated/α-hetero) is 1. The molecule has 1 rings (SSSR count). The van der Waals surface area contributed by atoms with Crippen molar-refractivity contribution in [2.24, 2.45) is 5.92 Å². The van der Waals surface area contributed by atoms with Crippen LogP contribution in [0.4, 0.5) is 0 Å². The van der Waals surface area contributed by atoms with Crippen molar-refractivity contribution in [2.45, 2.75) is 26.3 Å². The quantitative estimate of drug-likeness (QED) is 0.756. The highest BCUT2D eigenvalue weighted by atomic mass is 79.9. The van der Waals surface area contributed by atoms with Crippen LogP contribution in [0.1, 0.15) is 30.6 Å². The van der Waals surface area contributed by atoms with Crippen molar-refractivity contribution in [1.82, 2.24) is 5.32 Å². The van der Waals surface area contributed by atoms with E-state index in [2.05, 4.69) is 21.2 Å². The Labute approximate surface area is 121 Å². The fourth-order valence-electron chi connectivity index (χ4n) is 1.73. The minimum Gasteiger partial charge on any atom is -0.480 e. The molecule has 104 valence electrons. The van der Waals surface area contributed by atoms with E-state index < -0.39 is 12.0 Å². The SMILES string of the molecule is CC(C)[C@@H](NCCC(=O)c1ccc(Br)cc1)C(=O)O. The van der Waals surface area contributed by atoms with Crippen LogP contribution in [0.5, 0.6) is 0 Å². The van der Waals surface area contributed by atoms with Gasteiger partial charge in [-0.1, -0.05) is 41.9 Å². The molecule has 2 N–H and O–H groups in total. The zero-order valence-corrected chi connectivity index (χ0v) is 12.6. The molecule has 0 aliphatic carbocycles. The molecule has 0 aliphatic heterocycles. The lowest BCUT2D eigenvalue weighted by Crippen LogP contribution is -2.41. The number of carbonyl (C=O) groups is 2. The van der Waals surface area contributed by atoms with Crippen molar-refractivity contribution in [2.75, 3.05) is 6.54 Å². The molecule has 1 aromatic carbocycles. The van der Waals surface area contributed by atoms with Crippen molar-refractivity contribution in [3.05, 3.63) is 34.3 Å². The Morgan fingerprint density at radius 1 is 1.26 bits per heavy atom. The molecule has 0 saturated carbocycles. The van der Waals surface area contributed by atoms with Crippen LogP contribution in [-0.2, 0) is 4.79 Å². The zero-order valence-electron chi connectivity index (χ0n) is 11.0. The first-order valence-electron chi connectivity index (χ1n) is 6.16. The third-order valence-corrected chi connectivity index (χ3v) is 3.34. The van der Waals surface area contributed by atoms with Crippen LogP contribution in [0, 0.1) is 5.92 Å². The molecule has 19 heavy (non-hydrogen) atoms. The second-order valence-corrected chi connectivity index (χ2v) is 5.61. The Balaban J connectivity index is 2.46. The molecular formula is C14H18BrNO3. The molecule has 0 amide bonds. The van der Waals surface area contributed by atoms with Gasteiger partial charge in [-0.25, -0.2) is 0 Å². The molecule has 1 aromatic rings. The number of carbonyl (C=O) groups excluding carboxylic acids is 1. The van der Waals surface area contributed by atoms with Crippen molar-refractivity contribution in [3.8, 4) is 0 Å². The standard InChI is InChI=1S/C14H18BrNO3/c1-9(2)13(14(18)19)16-8-7-12(17)10-3-5-11(15)6-4-10/h3-6,9,13,16H,7-8H2,1-2H3,(H,18,19)/t13-/m1/s1. The second kappa shape index (κ2) is 7.40. The molecule has 0 aliphatic rings. The Kier molecular flexibility index (Phi) is 6.18. The van der Waals surface area contributed by atoms with Gasteiger partial charge in [0.05, 0.1) is 0 Å². The molecule has 0 heterocycles. The van der Waals surface area contributed by atoms with E-state index in [1.54, 1.807) is 12.1 Å². The maximum atomic E-state index is 11.9. The summed E-state index contributed by atoms with van der Waals surface area (Å²) in [6.07, 6.45) is 0.290. The third kappa shape index (κ3) is 5.12. The summed E-state index contributed by atoms with van der Waals surface area (Å²) < 4.78 is 0.924. The summed E-state index contributed by atoms with van der Waals surface area (Å²) >= 11 is 3.31. The minimum atomic E-state index is -0.883. The van der Waals surface area contributed by atoms with Gasteiger partial charge in [0.15, 0.2) is 5.78 Å². The van der Waals surface area contributed by atoms with Gasteiger partial charge in [-0.3, -0.25) is 9.59 Å². The van der Waals surface area contributed by atoms with Gasteiger partial charge in [0.1, 0.15) is 6.04 Å². The van der Waals surface area contributed by atoms with E-state index in [0.29, 0.717) is 12.1 Å². The molecule has 0 unspecified atom stereocenters. The highest BCUT2D eigenvalue weighted by Crippen LogP contribution is 2.12. The summed E-state index contributed by atoms with van der Waals surface area (Å²) in [6.45, 7) is 4.04. The maximum absolute atomic E-state index is 11.9. The van der Waals surface area contributed by atoms with E-state index in [1.807, 2.05) is 26.0 Å². The van der Waals surface area contributed by atoms with E-state index in [1.165, 1.54) is 0 Å². The molecule has 0 bridgehead atoms. The minimum absolute atomic E-state index is 0.00731. The van der Waals surface area contributed by atoms with Gasteiger partial charge in [0.2, 0.25) is 0 Å². The largest absolute Gasteiger partial charge is 0.480 e. The molecule has 0 radical (unpaired) electrons. The Hall–Kier alpha value is -1.20. The molecule has 0 saturated heterocycles. The maximum Gasteiger partial charge on any atom is 0.320 e. The van der Waals surface area contributed by atoms with Crippen molar-refractivity contribution < 1.29 is 14.7 Å². The lowest BCUT2D eigenvalue weighted by molar-refractivity contribution is -0.140. The predicted octanol–water partition coefficient (Wildman–Crippen LogP) is 2.72. The van der Waals surface area contributed by atoms with Gasteiger partial charge >= 0.3 is 5.97 Å². The molecule has 0 fully saturated rings. The number of hydrogen-bond acceptors (Lipinski definition) is 3. The topological polar surface area (TPSA) is 66.4 Å². The number of carboxylic acids is 1. The van der Waals surface area contributed by atoms with Crippen molar-refractivity contribution >= 4 is 27.7 Å². The average molecular weight is 328 g/mol. The van der Waals surface area contributed by atoms with Crippen LogP contribution >= 0.6 is 15.9 Å². The van der Waals surface area contributed by atoms with E-state index in [-0.39, 0.29) is 18.1 Å². The van der Waals surface area contributed by atoms with E-state index in [0.717, 1.165) is 4.47 Å². The summed E-state index contributed by atoms with van der Waals surface area (Å²) in [4.78, 5) is 22.8. The number of rotatable bonds is 7. The molecule has 1 atom stereocenters. The van der Waals surface area contributed by atoms with E-state index in [9.17, 15) is 9.59 Å². The van der Waals surface area contributed by atoms with Crippen LogP contribution in [0.15, 0.2) is 28.7 Å². The van der Waals surface area contributed by atoms with Gasteiger partial charge in [0, 0.05) is 23.0 Å². The molecule has 5 heteroatoms. The Morgan fingerprint density at radius 2 is 1.84 bits per heavy atom. The fraction of sp³-hybridized carbons (Fsp3) is 0.429. The Morgan fingerprint density at radius 3 is 2.32 bits per heavy atom. The number of hydrogen-bond donors (Lipinski definition) is 2. The predicted molar refractivity (Wildman–Crippen MR) is 77.4 cm³/mol. The highest BCUT2D eigenvalue weighted by molar-refractivity contribution is 9.10. The molecule has 0 spiro atoms. The van der Waals surface area contributed by atoms with E-state index in [4.69, 9.17) is 5.11 Å². The summed E-state index contributed by atoms with van der Waals surface area (Å²) in [5.74, 6) is -0.890. The molecule has 0 aromatic heterocycles. The monoisotopic (exact) mass is 327 g/mol. The summed E-state index contributed by atoms with van der Waals surface area (Å²) in [6, 6.07) is 6.52. The Bertz CT molecular complexity index is 443. The van der Waals surface area contributed by atoms with Gasteiger partial charge in [-0.05, 0) is 18.1 Å². The number of carboxylic acid groups (broad SMARTS) is 1. The van der Waals surface area contributed by atoms with Gasteiger partial charge < -0.3 is 10.4 Å². The summed E-state index contributed by atoms with van der Waals surface area (Å²) in [7, 11) is 0. The number of nitrogens with one attached hydrogen (secondary N) is 1. The number of benzene rings is 1. The van der Waals surface area contributed by atoms with Gasteiger partial charge in [-0.15, -0.1) is 0 Å². The van der Waals surface area contributed by atoms with Crippen LogP contribution in [0.2, 0.25) is 0 Å². The van der Waals surface area contributed by atoms with Crippen LogP contribution < -0.4 is 5.32 Å². The van der Waals surface area contributed by atoms with E-state index >= 15 is 0 Å². The first kappa shape index (κ1) is 15.9. The summed E-state index contributed by atoms with van der Waals surface area (Å²) in [5, 5.41) is 11.9. The number of aliphatic carboxylic acids is 1. The lowest BCUT2D eigenvalue weighted by Gasteiger charge is -2.17. The molecule has 4 nitrogen and oxygen atoms in total. The van der Waals surface area contributed by atoms with Crippen LogP contribution in [0.25, 0.3) is 0 Å². The molecular weight excluding hydrogens is 310 g/mol. The number of ketones is 1. The van der Waals surface area contributed by atoms with Crippen molar-refractivity contribution in [1.29, 1.82) is 0 Å². The second-order valence-electron chi connectivity index (χ2n) is 4.69. The third-order valence-electron chi connectivity index (χ3n) is 2.82. The van der Waals surface area contributed by atoms with Gasteiger partial charge in [0.25, 0.3) is 0 Å². The zero-order chi connectivity index (χ0) is 14.4. The summed E-state index contributed by atoms with van der Waals surface area (Å²) in [5.41, 5.74) is 0.640. The van der Waals surface area contributed by atoms with Crippen LogP contribution in [0.3, 0.4) is 0 Å². The average Bonchev–Trinajstić information content (AvgIpc) is 2.34. The first-order valence-corrected chi connectivity index (χ1v) is 6.96. The highest BCUT2D eigenvalue weighted by Gasteiger charge is 2.20. The van der Waals surface area contributed by atoms with Crippen LogP contribution in [-0.4, -0.2) is 29.4 Å². The fourth-order valence-corrected chi connectivity index (χ4v) is 1.99.